The van der Waals surface area contributed by atoms with Crippen LogP contribution in [0, 0.1) is 5.41 Å². The van der Waals surface area contributed by atoms with E-state index in [1.54, 1.807) is 4.72 Å². The van der Waals surface area contributed by atoms with Gasteiger partial charge in [0.25, 0.3) is 0 Å². The number of urea groups is 1. The molecule has 3 amide bonds. The standard InChI is InChI=1S/C10H17N5O8S2/c1-2-8(16)12-24(18,19)13-9(11)7-4-3-6-5-14(7)10(17)15(6)23-25(20,21)22/h6-7H,2-5H2,1H3,(H2,11,13)(H,12,16)(H,20,21,22). The van der Waals surface area contributed by atoms with E-state index >= 15 is 0 Å². The predicted octanol–water partition coefficient (Wildman–Crippen LogP) is -1.67. The summed E-state index contributed by atoms with van der Waals surface area (Å²) in [6, 6.07) is -2.56. The number of nitrogens with one attached hydrogen (secondary N) is 3. The first-order valence-electron chi connectivity index (χ1n) is 7.12. The van der Waals surface area contributed by atoms with Crippen LogP contribution in [0.4, 0.5) is 4.79 Å². The van der Waals surface area contributed by atoms with Gasteiger partial charge in [-0.1, -0.05) is 6.92 Å². The van der Waals surface area contributed by atoms with Crippen molar-refractivity contribution in [3.8, 4) is 0 Å². The van der Waals surface area contributed by atoms with Crippen LogP contribution in [0.15, 0.2) is 0 Å². The molecule has 0 radical (unpaired) electrons. The van der Waals surface area contributed by atoms with E-state index in [0.29, 0.717) is 5.06 Å². The molecular weight excluding hydrogens is 382 g/mol. The Morgan fingerprint density at radius 3 is 2.52 bits per heavy atom. The van der Waals surface area contributed by atoms with Crippen LogP contribution in [0.1, 0.15) is 26.2 Å². The largest absolute Gasteiger partial charge is 0.418 e. The molecule has 2 atom stereocenters. The molecule has 2 unspecified atom stereocenters. The molecule has 4 N–H and O–H groups in total. The highest BCUT2D eigenvalue weighted by Gasteiger charge is 2.48. The minimum atomic E-state index is -4.90. The van der Waals surface area contributed by atoms with Gasteiger partial charge in [-0.15, -0.1) is 4.28 Å². The number of hydroxylamine groups is 2. The fourth-order valence-electron chi connectivity index (χ4n) is 2.59. The van der Waals surface area contributed by atoms with Gasteiger partial charge in [-0.25, -0.2) is 9.52 Å². The number of hydrogen-bond acceptors (Lipinski definition) is 8. The van der Waals surface area contributed by atoms with Gasteiger partial charge in [0.05, 0.1) is 12.1 Å². The summed E-state index contributed by atoms with van der Waals surface area (Å²) in [7, 11) is -9.21. The summed E-state index contributed by atoms with van der Waals surface area (Å²) in [6.07, 6.45) is 0.296. The lowest BCUT2D eigenvalue weighted by molar-refractivity contribution is -0.119. The van der Waals surface area contributed by atoms with E-state index in [9.17, 15) is 26.4 Å². The van der Waals surface area contributed by atoms with E-state index in [2.05, 4.69) is 4.28 Å². The average Bonchev–Trinajstić information content (AvgIpc) is 2.69. The van der Waals surface area contributed by atoms with E-state index in [1.807, 2.05) is 4.72 Å². The van der Waals surface area contributed by atoms with Gasteiger partial charge in [0.1, 0.15) is 5.84 Å². The lowest BCUT2D eigenvalue weighted by Gasteiger charge is -2.30. The van der Waals surface area contributed by atoms with Crippen LogP contribution in [0.2, 0.25) is 0 Å². The number of amides is 3. The van der Waals surface area contributed by atoms with Gasteiger partial charge in [0, 0.05) is 13.0 Å². The SMILES string of the molecule is CCC(=O)NS(=O)(=O)NC(=N)C1CCC2CN1C(=O)N2OS(=O)(=O)O. The monoisotopic (exact) mass is 399 g/mol. The Bertz CT molecular complexity index is 794. The van der Waals surface area contributed by atoms with Gasteiger partial charge in [-0.2, -0.15) is 21.9 Å². The van der Waals surface area contributed by atoms with Crippen LogP contribution < -0.4 is 9.44 Å². The number of piperidine rings is 1. The molecule has 2 fully saturated rings. The number of rotatable bonds is 6. The number of hydrogen-bond donors (Lipinski definition) is 4. The predicted molar refractivity (Wildman–Crippen MR) is 81.6 cm³/mol. The third kappa shape index (κ3) is 4.56. The summed E-state index contributed by atoms with van der Waals surface area (Å²) in [5.74, 6) is -1.33. The summed E-state index contributed by atoms with van der Waals surface area (Å²) in [4.78, 5) is 24.4. The molecule has 13 nitrogen and oxygen atoms in total. The molecular formula is C10H17N5O8S2. The highest BCUT2D eigenvalue weighted by Crippen LogP contribution is 2.30. The van der Waals surface area contributed by atoms with Crippen molar-refractivity contribution < 1.29 is 35.3 Å². The van der Waals surface area contributed by atoms with Crippen LogP contribution in [-0.2, 0) is 29.7 Å². The van der Waals surface area contributed by atoms with Crippen LogP contribution in [0.3, 0.4) is 0 Å². The molecule has 2 aliphatic heterocycles. The average molecular weight is 399 g/mol. The molecule has 142 valence electrons. The molecule has 0 aromatic rings. The van der Waals surface area contributed by atoms with Crippen LogP contribution >= 0.6 is 0 Å². The Kier molecular flexibility index (Phi) is 5.22. The molecule has 25 heavy (non-hydrogen) atoms. The molecule has 0 aromatic carbocycles. The van der Waals surface area contributed by atoms with Crippen molar-refractivity contribution in [2.75, 3.05) is 6.54 Å². The maximum atomic E-state index is 12.2. The number of nitrogens with zero attached hydrogens (tertiary/aromatic N) is 2. The lowest BCUT2D eigenvalue weighted by atomic mass is 10.0. The minimum Gasteiger partial charge on any atom is -0.310 e. The summed E-state index contributed by atoms with van der Waals surface area (Å²) in [5, 5.41) is 8.35. The second kappa shape index (κ2) is 6.74. The fraction of sp³-hybridized carbons (Fsp3) is 0.700. The Hall–Kier alpha value is -1.97. The van der Waals surface area contributed by atoms with Gasteiger partial charge in [-0.05, 0) is 12.8 Å². The molecule has 2 heterocycles. The van der Waals surface area contributed by atoms with E-state index in [1.165, 1.54) is 6.92 Å². The van der Waals surface area contributed by atoms with E-state index < -0.39 is 50.5 Å². The van der Waals surface area contributed by atoms with Crippen molar-refractivity contribution in [2.45, 2.75) is 38.3 Å². The molecule has 0 spiro atoms. The topological polar surface area (TPSA) is 186 Å². The number of amidine groups is 1. The number of carbonyl (C=O) groups excluding carboxylic acids is 2. The smallest absolute Gasteiger partial charge is 0.310 e. The van der Waals surface area contributed by atoms with Gasteiger partial charge in [-0.3, -0.25) is 19.5 Å². The zero-order valence-corrected chi connectivity index (χ0v) is 14.6. The quantitative estimate of drug-likeness (QED) is 0.232. The molecule has 2 rings (SSSR count). The second-order valence-electron chi connectivity index (χ2n) is 5.41. The van der Waals surface area contributed by atoms with Gasteiger partial charge >= 0.3 is 26.6 Å². The first-order chi connectivity index (χ1) is 11.4. The van der Waals surface area contributed by atoms with Crippen molar-refractivity contribution in [1.29, 1.82) is 5.41 Å². The Morgan fingerprint density at radius 2 is 1.96 bits per heavy atom. The van der Waals surface area contributed by atoms with Crippen molar-refractivity contribution in [1.82, 2.24) is 19.4 Å². The van der Waals surface area contributed by atoms with E-state index in [4.69, 9.17) is 9.96 Å². The third-order valence-corrected chi connectivity index (χ3v) is 4.98. The molecule has 15 heteroatoms. The summed E-state index contributed by atoms with van der Waals surface area (Å²) >= 11 is 0. The van der Waals surface area contributed by atoms with Gasteiger partial charge in [0.2, 0.25) is 5.91 Å². The molecule has 0 aliphatic carbocycles. The van der Waals surface area contributed by atoms with Crippen LogP contribution in [0.5, 0.6) is 0 Å². The summed E-state index contributed by atoms with van der Waals surface area (Å²) < 4.78 is 61.6. The Labute approximate surface area is 143 Å². The minimum absolute atomic E-state index is 0.00948. The van der Waals surface area contributed by atoms with Gasteiger partial charge in [0.15, 0.2) is 0 Å². The molecule has 2 saturated heterocycles. The maximum Gasteiger partial charge on any atom is 0.418 e. The van der Waals surface area contributed by atoms with Crippen molar-refractivity contribution in [2.24, 2.45) is 0 Å². The van der Waals surface area contributed by atoms with Crippen molar-refractivity contribution in [3.63, 3.8) is 0 Å². The van der Waals surface area contributed by atoms with Gasteiger partial charge < -0.3 is 4.90 Å². The summed E-state index contributed by atoms with van der Waals surface area (Å²) in [6.45, 7) is 1.44. The Balaban J connectivity index is 2.09. The van der Waals surface area contributed by atoms with Crippen LogP contribution in [-0.4, -0.2) is 67.8 Å². The van der Waals surface area contributed by atoms with Crippen LogP contribution in [0.25, 0.3) is 0 Å². The maximum absolute atomic E-state index is 12.2. The van der Waals surface area contributed by atoms with E-state index in [-0.39, 0.29) is 25.8 Å². The first kappa shape index (κ1) is 19.4. The van der Waals surface area contributed by atoms with Crippen molar-refractivity contribution in [3.05, 3.63) is 0 Å². The molecule has 0 saturated carbocycles. The van der Waals surface area contributed by atoms with E-state index in [0.717, 1.165) is 4.90 Å². The molecule has 0 aromatic heterocycles. The summed E-state index contributed by atoms with van der Waals surface area (Å²) in [5.41, 5.74) is 0. The highest BCUT2D eigenvalue weighted by molar-refractivity contribution is 7.88. The molecule has 2 bridgehead atoms. The zero-order valence-electron chi connectivity index (χ0n) is 13.0. The second-order valence-corrected chi connectivity index (χ2v) is 7.83. The number of carbonyl (C=O) groups is 2. The first-order valence-corrected chi connectivity index (χ1v) is 9.97. The normalized spacial score (nSPS) is 23.5. The zero-order chi connectivity index (χ0) is 19.0. The lowest BCUT2D eigenvalue weighted by Crippen LogP contribution is -2.53. The fourth-order valence-corrected chi connectivity index (χ4v) is 3.90. The highest BCUT2D eigenvalue weighted by atomic mass is 32.3. The molecule has 2 aliphatic rings. The third-order valence-electron chi connectivity index (χ3n) is 3.64. The number of fused-ring (bicyclic) bond motifs is 2. The van der Waals surface area contributed by atoms with Crippen molar-refractivity contribution >= 4 is 38.4 Å². The Morgan fingerprint density at radius 1 is 1.32 bits per heavy atom.